The van der Waals surface area contributed by atoms with Crippen molar-refractivity contribution in [3.8, 4) is 0 Å². The number of alkyl carbamates (subject to hydrolysis) is 1. The van der Waals surface area contributed by atoms with E-state index in [4.69, 9.17) is 14.2 Å². The first kappa shape index (κ1) is 50.1. The Balaban J connectivity index is 1.66. The highest BCUT2D eigenvalue weighted by Crippen LogP contribution is 2.13. The molecule has 334 valence electrons. The number of amides is 4. The fourth-order valence-electron chi connectivity index (χ4n) is 6.59. The molecule has 0 bridgehead atoms. The van der Waals surface area contributed by atoms with Gasteiger partial charge in [-0.05, 0) is 43.9 Å². The van der Waals surface area contributed by atoms with E-state index in [0.29, 0.717) is 6.54 Å². The first-order valence-corrected chi connectivity index (χ1v) is 22.2. The molecule has 0 aliphatic heterocycles. The van der Waals surface area contributed by atoms with Crippen LogP contribution >= 0.6 is 0 Å². The zero-order valence-corrected chi connectivity index (χ0v) is 36.9. The zero-order valence-electron chi connectivity index (χ0n) is 36.9. The second-order valence-corrected chi connectivity index (χ2v) is 16.5. The van der Waals surface area contributed by atoms with Gasteiger partial charge in [0.2, 0.25) is 17.7 Å². The third kappa shape index (κ3) is 22.8. The Morgan fingerprint density at radius 3 is 1.61 bits per heavy atom. The van der Waals surface area contributed by atoms with Gasteiger partial charge in [-0.25, -0.2) is 9.59 Å². The molecule has 0 spiro atoms. The van der Waals surface area contributed by atoms with Crippen LogP contribution in [0.2, 0.25) is 0 Å². The summed E-state index contributed by atoms with van der Waals surface area (Å²) in [4.78, 5) is 67.6. The third-order valence-corrected chi connectivity index (χ3v) is 9.88. The average molecular weight is 843 g/mol. The number of unbranched alkanes of at least 4 members (excludes halogenated alkanes) is 11. The molecule has 0 saturated heterocycles. The summed E-state index contributed by atoms with van der Waals surface area (Å²) in [5.41, 5.74) is 1.58. The molecule has 3 atom stereocenters. The molecule has 3 aromatic rings. The summed E-state index contributed by atoms with van der Waals surface area (Å²) < 4.78 is 17.0. The standard InChI is InChI=1S/C49H70N4O8/c1-5-6-7-8-9-10-11-12-13-14-15-25-32-50-45(55)41(53-48(58)61-49(2,3)4)34-44(54)51-43(37-59-35-39-28-21-17-22-29-39)46(56)52-42(33-38-26-19-16-20-27-38)47(57)60-36-40-30-23-18-24-31-40/h16-24,26-31,41-43H,5-15,25,32-37H2,1-4H3,(H,50,55)(H,51,54)(H,52,56)(H,53,58)/t41-,42-,43-/m0/s1. The van der Waals surface area contributed by atoms with Crippen molar-refractivity contribution in [2.75, 3.05) is 13.2 Å². The molecule has 4 N–H and O–H groups in total. The van der Waals surface area contributed by atoms with Gasteiger partial charge in [0.05, 0.1) is 19.6 Å². The van der Waals surface area contributed by atoms with E-state index < -0.39 is 59.9 Å². The van der Waals surface area contributed by atoms with Gasteiger partial charge in [-0.3, -0.25) is 14.4 Å². The van der Waals surface area contributed by atoms with Gasteiger partial charge in [0.15, 0.2) is 0 Å². The molecule has 0 unspecified atom stereocenters. The van der Waals surface area contributed by atoms with Gasteiger partial charge in [0, 0.05) is 13.0 Å². The molecule has 3 rings (SSSR count). The van der Waals surface area contributed by atoms with Gasteiger partial charge in [0.25, 0.3) is 0 Å². The first-order chi connectivity index (χ1) is 29.4. The van der Waals surface area contributed by atoms with Crippen LogP contribution in [-0.2, 0) is 53.0 Å². The van der Waals surface area contributed by atoms with Crippen LogP contribution in [-0.4, -0.2) is 66.7 Å². The largest absolute Gasteiger partial charge is 0.459 e. The lowest BCUT2D eigenvalue weighted by atomic mass is 10.1. The van der Waals surface area contributed by atoms with E-state index in [1.165, 1.54) is 51.4 Å². The Hall–Kier alpha value is -5.23. The van der Waals surface area contributed by atoms with Crippen molar-refractivity contribution in [1.82, 2.24) is 21.3 Å². The van der Waals surface area contributed by atoms with E-state index in [1.54, 1.807) is 20.8 Å². The predicted octanol–water partition coefficient (Wildman–Crippen LogP) is 8.26. The lowest BCUT2D eigenvalue weighted by molar-refractivity contribution is -0.149. The normalized spacial score (nSPS) is 12.7. The third-order valence-electron chi connectivity index (χ3n) is 9.88. The monoisotopic (exact) mass is 843 g/mol. The molecular weight excluding hydrogens is 773 g/mol. The quantitative estimate of drug-likeness (QED) is 0.0402. The summed E-state index contributed by atoms with van der Waals surface area (Å²) in [7, 11) is 0. The second kappa shape index (κ2) is 29.1. The summed E-state index contributed by atoms with van der Waals surface area (Å²) in [6.45, 7) is 7.61. The van der Waals surface area contributed by atoms with Gasteiger partial charge >= 0.3 is 12.1 Å². The van der Waals surface area contributed by atoms with E-state index in [0.717, 1.165) is 42.4 Å². The first-order valence-electron chi connectivity index (χ1n) is 22.2. The highest BCUT2D eigenvalue weighted by molar-refractivity contribution is 5.94. The van der Waals surface area contributed by atoms with Crippen LogP contribution in [0.15, 0.2) is 91.0 Å². The number of hydrogen-bond donors (Lipinski definition) is 4. The molecule has 0 aliphatic rings. The maximum atomic E-state index is 14.0. The molecular formula is C49H70N4O8. The number of benzene rings is 3. The molecule has 12 heteroatoms. The Bertz CT molecular complexity index is 1700. The van der Waals surface area contributed by atoms with Gasteiger partial charge in [0.1, 0.15) is 30.3 Å². The van der Waals surface area contributed by atoms with Crippen LogP contribution in [0.5, 0.6) is 0 Å². The van der Waals surface area contributed by atoms with Crippen LogP contribution in [0.3, 0.4) is 0 Å². The molecule has 0 heterocycles. The Kier molecular flexibility index (Phi) is 23.9. The summed E-state index contributed by atoms with van der Waals surface area (Å²) in [6, 6.07) is 24.1. The minimum Gasteiger partial charge on any atom is -0.459 e. The molecule has 61 heavy (non-hydrogen) atoms. The number of esters is 1. The van der Waals surface area contributed by atoms with Crippen molar-refractivity contribution >= 4 is 29.8 Å². The van der Waals surface area contributed by atoms with E-state index in [-0.39, 0.29) is 26.2 Å². The molecule has 3 aromatic carbocycles. The highest BCUT2D eigenvalue weighted by atomic mass is 16.6. The summed E-state index contributed by atoms with van der Waals surface area (Å²) >= 11 is 0. The van der Waals surface area contributed by atoms with E-state index >= 15 is 0 Å². The molecule has 0 aromatic heterocycles. The number of nitrogens with one attached hydrogen (secondary N) is 4. The molecule has 0 radical (unpaired) electrons. The number of rotatable bonds is 29. The predicted molar refractivity (Wildman–Crippen MR) is 238 cm³/mol. The number of hydrogen-bond acceptors (Lipinski definition) is 8. The topological polar surface area (TPSA) is 161 Å². The minimum atomic E-state index is -1.29. The summed E-state index contributed by atoms with van der Waals surface area (Å²) in [6.07, 6.45) is 13.0. The number of carbonyl (C=O) groups is 5. The maximum absolute atomic E-state index is 14.0. The molecule has 12 nitrogen and oxygen atoms in total. The van der Waals surface area contributed by atoms with Crippen molar-refractivity contribution in [2.24, 2.45) is 0 Å². The van der Waals surface area contributed by atoms with Crippen LogP contribution in [0, 0.1) is 0 Å². The van der Waals surface area contributed by atoms with Gasteiger partial charge in [-0.1, -0.05) is 169 Å². The van der Waals surface area contributed by atoms with Crippen molar-refractivity contribution in [2.45, 2.75) is 155 Å². The maximum Gasteiger partial charge on any atom is 0.408 e. The lowest BCUT2D eigenvalue weighted by Gasteiger charge is -2.25. The van der Waals surface area contributed by atoms with Crippen molar-refractivity contribution in [3.63, 3.8) is 0 Å². The number of ether oxygens (including phenoxy) is 3. The van der Waals surface area contributed by atoms with E-state index in [9.17, 15) is 24.0 Å². The van der Waals surface area contributed by atoms with Crippen LogP contribution < -0.4 is 21.3 Å². The average Bonchev–Trinajstić information content (AvgIpc) is 3.24. The summed E-state index contributed by atoms with van der Waals surface area (Å²) in [5.74, 6) is -2.58. The number of carbonyl (C=O) groups excluding carboxylic acids is 5. The van der Waals surface area contributed by atoms with Gasteiger partial charge in [-0.15, -0.1) is 0 Å². The van der Waals surface area contributed by atoms with Crippen molar-refractivity contribution in [1.29, 1.82) is 0 Å². The Morgan fingerprint density at radius 1 is 0.557 bits per heavy atom. The lowest BCUT2D eigenvalue weighted by Crippen LogP contribution is -2.56. The smallest absolute Gasteiger partial charge is 0.408 e. The molecule has 0 saturated carbocycles. The minimum absolute atomic E-state index is 0.00853. The Morgan fingerprint density at radius 2 is 1.07 bits per heavy atom. The fraction of sp³-hybridized carbons (Fsp3) is 0.531. The van der Waals surface area contributed by atoms with Crippen molar-refractivity contribution < 1.29 is 38.2 Å². The van der Waals surface area contributed by atoms with Crippen LogP contribution in [0.25, 0.3) is 0 Å². The fourth-order valence-corrected chi connectivity index (χ4v) is 6.59. The van der Waals surface area contributed by atoms with E-state index in [1.807, 2.05) is 91.0 Å². The second-order valence-electron chi connectivity index (χ2n) is 16.5. The molecule has 4 amide bonds. The van der Waals surface area contributed by atoms with Gasteiger partial charge in [-0.2, -0.15) is 0 Å². The zero-order chi connectivity index (χ0) is 44.1. The van der Waals surface area contributed by atoms with Crippen LogP contribution in [0.4, 0.5) is 4.79 Å². The Labute approximate surface area is 363 Å². The molecule has 0 aliphatic carbocycles. The highest BCUT2D eigenvalue weighted by Gasteiger charge is 2.31. The SMILES string of the molecule is CCCCCCCCCCCCCCNC(=O)[C@H](CC(=O)N[C@@H](COCc1ccccc1)C(=O)N[C@@H](Cc1ccccc1)C(=O)OCc1ccccc1)NC(=O)OC(C)(C)C. The van der Waals surface area contributed by atoms with Crippen molar-refractivity contribution in [3.05, 3.63) is 108 Å². The van der Waals surface area contributed by atoms with E-state index in [2.05, 4.69) is 28.2 Å². The molecule has 0 fully saturated rings. The summed E-state index contributed by atoms with van der Waals surface area (Å²) in [5, 5.41) is 10.9. The van der Waals surface area contributed by atoms with Gasteiger partial charge < -0.3 is 35.5 Å². The van der Waals surface area contributed by atoms with Crippen LogP contribution in [0.1, 0.15) is 128 Å².